The number of anilines is 4. The third-order valence-corrected chi connectivity index (χ3v) is 10.6. The lowest BCUT2D eigenvalue weighted by atomic mass is 9.99. The molecule has 1 amide bonds. The summed E-state index contributed by atoms with van der Waals surface area (Å²) in [7, 11) is 3.01. The van der Waals surface area contributed by atoms with Crippen LogP contribution in [0.25, 0.3) is 28.3 Å². The molecule has 0 saturated carbocycles. The predicted molar refractivity (Wildman–Crippen MR) is 209 cm³/mol. The van der Waals surface area contributed by atoms with Crippen molar-refractivity contribution in [3.8, 4) is 34.1 Å². The second-order valence-corrected chi connectivity index (χ2v) is 13.9. The van der Waals surface area contributed by atoms with Gasteiger partial charge in [-0.3, -0.25) is 9.20 Å². The molecule has 2 saturated heterocycles. The van der Waals surface area contributed by atoms with Gasteiger partial charge in [-0.05, 0) is 93.4 Å². The molecule has 0 radical (unpaired) electrons. The highest BCUT2D eigenvalue weighted by Gasteiger charge is 2.27. The summed E-state index contributed by atoms with van der Waals surface area (Å²) >= 11 is 0. The number of para-hydroxylation sites is 1. The van der Waals surface area contributed by atoms with Gasteiger partial charge in [0.2, 0.25) is 5.95 Å². The minimum absolute atomic E-state index is 0.00575. The summed E-state index contributed by atoms with van der Waals surface area (Å²) in [6, 6.07) is 19.0. The summed E-state index contributed by atoms with van der Waals surface area (Å²) in [6.45, 7) is 4.39. The van der Waals surface area contributed by atoms with Gasteiger partial charge in [-0.25, -0.2) is 28.1 Å². The van der Waals surface area contributed by atoms with Crippen LogP contribution >= 0.6 is 0 Å². The van der Waals surface area contributed by atoms with E-state index < -0.39 is 29.0 Å². The standard InChI is InChI=1S/C42H41F3N8O3/c1-55-35-12-9-26(23-30(35)41(54)50-39-31(44)7-6-8-32(39)45)38-40(53-22-14-27(43)24-37(53)49-38)34-13-17-46-42(48-34)47-33-11-10-29(25-36(33)56-2)52-20-15-28(16-21-52)51-18-4-3-5-19-51/h6-14,17,22-25,28H,3-5,15-16,18-21H2,1-2H3,(H,50,54)(H,46,47,48). The highest BCUT2D eigenvalue weighted by molar-refractivity contribution is 6.07. The van der Waals surface area contributed by atoms with Crippen molar-refractivity contribution in [3.05, 3.63) is 108 Å². The number of nitrogens with zero attached hydrogens (tertiary/aromatic N) is 6. The number of hydrogen-bond donors (Lipinski definition) is 2. The molecular formula is C42H41F3N8O3. The Morgan fingerprint density at radius 2 is 1.59 bits per heavy atom. The molecule has 2 aliphatic heterocycles. The number of fused-ring (bicyclic) bond motifs is 1. The van der Waals surface area contributed by atoms with Crippen LogP contribution in [-0.2, 0) is 0 Å². The second-order valence-electron chi connectivity index (χ2n) is 13.9. The van der Waals surface area contributed by atoms with Crippen LogP contribution in [0.5, 0.6) is 11.5 Å². The molecule has 6 aromatic rings. The molecule has 5 heterocycles. The lowest BCUT2D eigenvalue weighted by molar-refractivity contribution is 0.102. The van der Waals surface area contributed by atoms with Crippen LogP contribution in [0.3, 0.4) is 0 Å². The number of pyridine rings is 1. The number of likely N-dealkylation sites (tertiary alicyclic amines) is 1. The van der Waals surface area contributed by atoms with E-state index in [0.717, 1.165) is 43.8 Å². The van der Waals surface area contributed by atoms with Gasteiger partial charge >= 0.3 is 0 Å². The normalized spacial score (nSPS) is 15.2. The number of amides is 1. The lowest BCUT2D eigenvalue weighted by Gasteiger charge is -2.41. The van der Waals surface area contributed by atoms with Gasteiger partial charge < -0.3 is 29.9 Å². The molecule has 288 valence electrons. The van der Waals surface area contributed by atoms with Crippen molar-refractivity contribution >= 4 is 34.6 Å². The number of carbonyl (C=O) groups excluding carboxylic acids is 1. The zero-order valence-corrected chi connectivity index (χ0v) is 31.1. The van der Waals surface area contributed by atoms with E-state index in [1.165, 1.54) is 63.7 Å². The smallest absolute Gasteiger partial charge is 0.259 e. The van der Waals surface area contributed by atoms with Crippen LogP contribution in [0.2, 0.25) is 0 Å². The monoisotopic (exact) mass is 762 g/mol. The van der Waals surface area contributed by atoms with E-state index in [4.69, 9.17) is 19.4 Å². The first-order valence-corrected chi connectivity index (χ1v) is 18.7. The second kappa shape index (κ2) is 15.9. The Morgan fingerprint density at radius 1 is 0.821 bits per heavy atom. The Morgan fingerprint density at radius 3 is 2.34 bits per heavy atom. The number of nitrogens with one attached hydrogen (secondary N) is 2. The number of ether oxygens (including phenoxy) is 2. The molecule has 0 spiro atoms. The molecule has 11 nitrogen and oxygen atoms in total. The fourth-order valence-electron chi connectivity index (χ4n) is 7.72. The maximum Gasteiger partial charge on any atom is 0.259 e. The quantitative estimate of drug-likeness (QED) is 0.142. The maximum absolute atomic E-state index is 14.5. The van der Waals surface area contributed by atoms with Crippen molar-refractivity contribution in [2.24, 2.45) is 0 Å². The molecule has 56 heavy (non-hydrogen) atoms. The Bertz CT molecular complexity index is 2370. The number of imidazole rings is 1. The zero-order valence-electron chi connectivity index (χ0n) is 31.1. The van der Waals surface area contributed by atoms with Crippen LogP contribution in [0.15, 0.2) is 85.2 Å². The van der Waals surface area contributed by atoms with Crippen molar-refractivity contribution in [1.29, 1.82) is 0 Å². The fourth-order valence-corrected chi connectivity index (χ4v) is 7.72. The molecule has 2 aliphatic rings. The summed E-state index contributed by atoms with van der Waals surface area (Å²) in [5.41, 5.74) is 3.19. The lowest BCUT2D eigenvalue weighted by Crippen LogP contribution is -2.46. The van der Waals surface area contributed by atoms with Crippen LogP contribution in [0.1, 0.15) is 42.5 Å². The number of benzene rings is 3. The molecule has 0 aliphatic carbocycles. The molecule has 2 fully saturated rings. The van der Waals surface area contributed by atoms with Crippen LogP contribution in [0, 0.1) is 17.5 Å². The number of hydrogen-bond acceptors (Lipinski definition) is 9. The summed E-state index contributed by atoms with van der Waals surface area (Å²) in [5, 5.41) is 5.62. The minimum atomic E-state index is -0.928. The first-order chi connectivity index (χ1) is 27.3. The number of halogens is 3. The van der Waals surface area contributed by atoms with Crippen molar-refractivity contribution in [2.45, 2.75) is 38.1 Å². The van der Waals surface area contributed by atoms with Crippen molar-refractivity contribution in [2.75, 3.05) is 55.9 Å². The van der Waals surface area contributed by atoms with E-state index in [1.54, 1.807) is 42.1 Å². The fraction of sp³-hybridized carbons (Fsp3) is 0.286. The van der Waals surface area contributed by atoms with E-state index >= 15 is 0 Å². The third-order valence-electron chi connectivity index (χ3n) is 10.6. The van der Waals surface area contributed by atoms with E-state index in [9.17, 15) is 18.0 Å². The summed E-state index contributed by atoms with van der Waals surface area (Å²) < 4.78 is 56.4. The molecule has 0 unspecified atom stereocenters. The average Bonchev–Trinajstić information content (AvgIpc) is 3.61. The summed E-state index contributed by atoms with van der Waals surface area (Å²) in [5.74, 6) is -2.07. The minimum Gasteiger partial charge on any atom is -0.496 e. The molecule has 14 heteroatoms. The van der Waals surface area contributed by atoms with Gasteiger partial charge in [-0.1, -0.05) is 12.5 Å². The molecule has 0 atom stereocenters. The number of rotatable bonds is 10. The summed E-state index contributed by atoms with van der Waals surface area (Å²) in [4.78, 5) is 32.6. The SMILES string of the molecule is COc1cc(N2CCC(N3CCCCC3)CC2)ccc1Nc1nccc(-c2c(-c3ccc(OC)c(C(=O)Nc4c(F)cccc4F)c3)nc3cc(F)ccn23)n1. The van der Waals surface area contributed by atoms with E-state index in [0.29, 0.717) is 40.1 Å². The van der Waals surface area contributed by atoms with Gasteiger partial charge in [-0.2, -0.15) is 0 Å². The first-order valence-electron chi connectivity index (χ1n) is 18.7. The largest absolute Gasteiger partial charge is 0.496 e. The average molecular weight is 763 g/mol. The molecule has 3 aromatic carbocycles. The van der Waals surface area contributed by atoms with Gasteiger partial charge in [0.25, 0.3) is 5.91 Å². The Kier molecular flexibility index (Phi) is 10.5. The van der Waals surface area contributed by atoms with Crippen molar-refractivity contribution in [3.63, 3.8) is 0 Å². The molecule has 0 bridgehead atoms. The highest BCUT2D eigenvalue weighted by atomic mass is 19.1. The van der Waals surface area contributed by atoms with Gasteiger partial charge in [0, 0.05) is 54.9 Å². The maximum atomic E-state index is 14.5. The number of piperidine rings is 2. The predicted octanol–water partition coefficient (Wildman–Crippen LogP) is 8.34. The van der Waals surface area contributed by atoms with Crippen LogP contribution in [0.4, 0.5) is 36.2 Å². The van der Waals surface area contributed by atoms with Gasteiger partial charge in [0.1, 0.15) is 40.3 Å². The summed E-state index contributed by atoms with van der Waals surface area (Å²) in [6.07, 6.45) is 9.35. The van der Waals surface area contributed by atoms with E-state index in [-0.39, 0.29) is 22.9 Å². The molecule has 2 N–H and O–H groups in total. The topological polar surface area (TPSA) is 109 Å². The van der Waals surface area contributed by atoms with Crippen LogP contribution < -0.4 is 25.0 Å². The first kappa shape index (κ1) is 36.8. The van der Waals surface area contributed by atoms with E-state index in [2.05, 4.69) is 31.5 Å². The number of carbonyl (C=O) groups is 1. The Labute approximate surface area is 322 Å². The van der Waals surface area contributed by atoms with E-state index in [1.807, 2.05) is 12.1 Å². The molecule has 8 rings (SSSR count). The van der Waals surface area contributed by atoms with Gasteiger partial charge in [0.15, 0.2) is 0 Å². The van der Waals surface area contributed by atoms with Crippen molar-refractivity contribution < 1.29 is 27.4 Å². The highest BCUT2D eigenvalue weighted by Crippen LogP contribution is 2.37. The van der Waals surface area contributed by atoms with Gasteiger partial charge in [0.05, 0.1) is 42.6 Å². The Hall–Kier alpha value is -6.15. The Balaban J connectivity index is 1.09. The van der Waals surface area contributed by atoms with Crippen LogP contribution in [-0.4, -0.2) is 76.6 Å². The number of methoxy groups -OCH3 is 2. The van der Waals surface area contributed by atoms with Crippen molar-refractivity contribution in [1.82, 2.24) is 24.3 Å². The third kappa shape index (κ3) is 7.44. The molecular weight excluding hydrogens is 722 g/mol. The number of aromatic nitrogens is 4. The zero-order chi connectivity index (χ0) is 38.8. The van der Waals surface area contributed by atoms with Gasteiger partial charge in [-0.15, -0.1) is 0 Å². The molecule has 3 aromatic heterocycles.